The quantitative estimate of drug-likeness (QED) is 0.453. The predicted octanol–water partition coefficient (Wildman–Crippen LogP) is 2.47. The van der Waals surface area contributed by atoms with Gasteiger partial charge in [-0.15, -0.1) is 0 Å². The molecule has 12 nitrogen and oxygen atoms in total. The Morgan fingerprint density at radius 1 is 1.39 bits per heavy atom. The van der Waals surface area contributed by atoms with E-state index < -0.39 is 38.3 Å². The fourth-order valence-corrected chi connectivity index (χ4v) is 5.04. The first kappa shape index (κ1) is 24.0. The van der Waals surface area contributed by atoms with E-state index in [2.05, 4.69) is 15.0 Å². The van der Waals surface area contributed by atoms with Crippen LogP contribution < -0.4 is 5.73 Å². The molecule has 2 N–H and O–H groups in total. The molecule has 0 aromatic carbocycles. The summed E-state index contributed by atoms with van der Waals surface area (Å²) in [5.41, 5.74) is 6.51. The molecule has 2 saturated heterocycles. The average Bonchev–Trinajstić information content (AvgIpc) is 3.28. The number of hydrogen-bond donors (Lipinski definition) is 1. The minimum absolute atomic E-state index is 0.0914. The van der Waals surface area contributed by atoms with Crippen molar-refractivity contribution in [3.8, 4) is 0 Å². The van der Waals surface area contributed by atoms with Gasteiger partial charge in [-0.1, -0.05) is 6.92 Å². The number of halogens is 1. The zero-order valence-corrected chi connectivity index (χ0v) is 19.6. The van der Waals surface area contributed by atoms with Gasteiger partial charge in [-0.05, 0) is 27.2 Å². The molecule has 4 heterocycles. The van der Waals surface area contributed by atoms with Crippen molar-refractivity contribution in [2.24, 2.45) is 5.92 Å². The molecule has 33 heavy (non-hydrogen) atoms. The Balaban J connectivity index is 1.41. The van der Waals surface area contributed by atoms with Crippen LogP contribution in [0.1, 0.15) is 39.2 Å². The molecule has 6 atom stereocenters. The topological polar surface area (TPSA) is 150 Å². The predicted molar refractivity (Wildman–Crippen MR) is 113 cm³/mol. The summed E-state index contributed by atoms with van der Waals surface area (Å²) in [5.74, 6) is -0.291. The van der Waals surface area contributed by atoms with Crippen LogP contribution >= 0.6 is 7.82 Å². The molecule has 1 unspecified atom stereocenters. The van der Waals surface area contributed by atoms with E-state index in [0.29, 0.717) is 17.0 Å². The van der Waals surface area contributed by atoms with Gasteiger partial charge in [0, 0.05) is 0 Å². The number of nitrogens with zero attached hydrogens (tertiary/aromatic N) is 4. The third-order valence-electron chi connectivity index (χ3n) is 5.30. The van der Waals surface area contributed by atoms with Crippen molar-refractivity contribution >= 4 is 30.8 Å². The lowest BCUT2D eigenvalue weighted by Crippen LogP contribution is -2.38. The molecule has 2 aliphatic heterocycles. The van der Waals surface area contributed by atoms with Crippen LogP contribution in [0, 0.1) is 12.8 Å². The van der Waals surface area contributed by atoms with E-state index in [4.69, 9.17) is 28.8 Å². The summed E-state index contributed by atoms with van der Waals surface area (Å²) in [7, 11) is -4.04. The number of imidazole rings is 1. The van der Waals surface area contributed by atoms with E-state index in [9.17, 15) is 9.36 Å². The Morgan fingerprint density at radius 3 is 2.88 bits per heavy atom. The van der Waals surface area contributed by atoms with Gasteiger partial charge in [0.1, 0.15) is 23.5 Å². The van der Waals surface area contributed by atoms with E-state index in [1.165, 1.54) is 10.9 Å². The van der Waals surface area contributed by atoms with Crippen LogP contribution in [0.15, 0.2) is 6.33 Å². The maximum Gasteiger partial charge on any atom is 0.475 e. The molecule has 0 radical (unpaired) electrons. The Bertz CT molecular complexity index is 1080. The molecule has 0 spiro atoms. The lowest BCUT2D eigenvalue weighted by molar-refractivity contribution is -0.152. The average molecular weight is 487 g/mol. The molecule has 0 bridgehead atoms. The van der Waals surface area contributed by atoms with Gasteiger partial charge in [0.05, 0.1) is 31.6 Å². The number of phosphoric ester groups is 1. The smallest absolute Gasteiger partial charge is 0.463 e. The van der Waals surface area contributed by atoms with Crippen LogP contribution in [0.25, 0.3) is 11.2 Å². The number of aromatic nitrogens is 4. The fourth-order valence-electron chi connectivity index (χ4n) is 3.64. The highest BCUT2D eigenvalue weighted by Gasteiger charge is 2.54. The molecule has 2 fully saturated rings. The van der Waals surface area contributed by atoms with Crippen LogP contribution in [0.3, 0.4) is 0 Å². The summed E-state index contributed by atoms with van der Waals surface area (Å²) in [6.07, 6.45) is -3.49. The van der Waals surface area contributed by atoms with E-state index >= 15 is 4.39 Å². The summed E-state index contributed by atoms with van der Waals surface area (Å²) in [4.78, 5) is 24.4. The Hall–Kier alpha value is -2.18. The SMILES string of the molecule is Cc1nc(N)c2ncn([C@@H]3O[C@@H]4COP(=O)(OCC[C@H](C)C(=O)OC(C)C)O[C@H]4[C@@H]3F)c2n1. The fraction of sp³-hybridized carbons (Fsp3) is 0.684. The van der Waals surface area contributed by atoms with Gasteiger partial charge in [0.25, 0.3) is 0 Å². The molecular weight excluding hydrogens is 460 g/mol. The zero-order valence-electron chi connectivity index (χ0n) is 18.7. The van der Waals surface area contributed by atoms with E-state index in [1.54, 1.807) is 27.7 Å². The van der Waals surface area contributed by atoms with Crippen LogP contribution in [-0.2, 0) is 32.4 Å². The van der Waals surface area contributed by atoms with Crippen molar-refractivity contribution in [2.75, 3.05) is 18.9 Å². The van der Waals surface area contributed by atoms with E-state index in [-0.39, 0.29) is 37.5 Å². The summed E-state index contributed by atoms with van der Waals surface area (Å²) in [6, 6.07) is 0. The normalized spacial score (nSPS) is 30.5. The van der Waals surface area contributed by atoms with Crippen LogP contribution in [0.5, 0.6) is 0 Å². The third kappa shape index (κ3) is 4.87. The van der Waals surface area contributed by atoms with Gasteiger partial charge in [-0.2, -0.15) is 0 Å². The minimum atomic E-state index is -4.04. The number of aryl methyl sites for hydroxylation is 1. The molecule has 4 rings (SSSR count). The molecule has 182 valence electrons. The first-order valence-electron chi connectivity index (χ1n) is 10.6. The lowest BCUT2D eigenvalue weighted by atomic mass is 10.1. The van der Waals surface area contributed by atoms with E-state index in [1.807, 2.05) is 0 Å². The largest absolute Gasteiger partial charge is 0.475 e. The Morgan fingerprint density at radius 2 is 2.15 bits per heavy atom. The van der Waals surface area contributed by atoms with Gasteiger partial charge < -0.3 is 15.2 Å². The van der Waals surface area contributed by atoms with Gasteiger partial charge >= 0.3 is 13.8 Å². The van der Waals surface area contributed by atoms with Crippen molar-refractivity contribution < 1.29 is 36.8 Å². The second kappa shape index (κ2) is 9.22. The monoisotopic (exact) mass is 487 g/mol. The highest BCUT2D eigenvalue weighted by Crippen LogP contribution is 2.57. The number of fused-ring (bicyclic) bond motifs is 2. The van der Waals surface area contributed by atoms with Crippen LogP contribution in [-0.4, -0.2) is 63.2 Å². The van der Waals surface area contributed by atoms with Crippen molar-refractivity contribution in [3.63, 3.8) is 0 Å². The number of ether oxygens (including phenoxy) is 2. The number of carbonyl (C=O) groups excluding carboxylic acids is 1. The number of nitrogens with two attached hydrogens (primary N) is 1. The maximum atomic E-state index is 15.4. The number of carbonyl (C=O) groups is 1. The minimum Gasteiger partial charge on any atom is -0.463 e. The summed E-state index contributed by atoms with van der Waals surface area (Å²) < 4.78 is 56.5. The van der Waals surface area contributed by atoms with E-state index in [0.717, 1.165) is 0 Å². The second-order valence-corrected chi connectivity index (χ2v) is 9.93. The number of esters is 1. The van der Waals surface area contributed by atoms with Gasteiger partial charge in [0.15, 0.2) is 23.9 Å². The summed E-state index contributed by atoms with van der Waals surface area (Å²) in [6.45, 7) is 6.55. The number of phosphoric acid groups is 1. The van der Waals surface area contributed by atoms with Crippen LogP contribution in [0.2, 0.25) is 0 Å². The molecule has 14 heteroatoms. The maximum absolute atomic E-state index is 15.4. The second-order valence-electron chi connectivity index (χ2n) is 8.31. The summed E-state index contributed by atoms with van der Waals surface area (Å²) in [5, 5.41) is 0. The third-order valence-corrected chi connectivity index (χ3v) is 6.77. The summed E-state index contributed by atoms with van der Waals surface area (Å²) >= 11 is 0. The van der Waals surface area contributed by atoms with Gasteiger partial charge in [-0.3, -0.25) is 22.9 Å². The standard InChI is InChI=1S/C19H27FN5O7P/c1-9(2)30-19(26)10(3)5-6-28-33(27)29-7-12-15(32-33)13(20)18(31-12)25-8-22-14-16(21)23-11(4)24-17(14)25/h8-10,12-13,15,18H,5-7H2,1-4H3,(H2,21,23,24)/t10-,12+,13-,15+,18+,33?/m0/s1. The van der Waals surface area contributed by atoms with Crippen molar-refractivity contribution in [1.82, 2.24) is 19.5 Å². The number of nitrogen functional groups attached to an aromatic ring is 1. The van der Waals surface area contributed by atoms with Crippen molar-refractivity contribution in [2.45, 2.75) is 64.8 Å². The highest BCUT2D eigenvalue weighted by atomic mass is 31.2. The van der Waals surface area contributed by atoms with Crippen molar-refractivity contribution in [3.05, 3.63) is 12.2 Å². The zero-order chi connectivity index (χ0) is 23.9. The lowest BCUT2D eigenvalue weighted by Gasteiger charge is -2.30. The highest BCUT2D eigenvalue weighted by molar-refractivity contribution is 7.48. The molecule has 0 aliphatic carbocycles. The molecule has 2 aromatic rings. The number of hydrogen-bond acceptors (Lipinski definition) is 11. The molecule has 0 amide bonds. The van der Waals surface area contributed by atoms with Gasteiger partial charge in [0.2, 0.25) is 0 Å². The van der Waals surface area contributed by atoms with Crippen molar-refractivity contribution in [1.29, 1.82) is 0 Å². The number of anilines is 1. The molecular formula is C19H27FN5O7P. The molecule has 2 aliphatic rings. The Labute approximate surface area is 189 Å². The van der Waals surface area contributed by atoms with Gasteiger partial charge in [-0.25, -0.2) is 23.9 Å². The Kier molecular flexibility index (Phi) is 6.70. The number of alkyl halides is 1. The first-order valence-corrected chi connectivity index (χ1v) is 12.1. The molecule has 2 aromatic heterocycles. The molecule has 0 saturated carbocycles. The number of rotatable bonds is 7. The first-order chi connectivity index (χ1) is 15.6. The van der Waals surface area contributed by atoms with Crippen LogP contribution in [0.4, 0.5) is 10.2 Å².